The van der Waals surface area contributed by atoms with Gasteiger partial charge in [0.1, 0.15) is 0 Å². The van der Waals surface area contributed by atoms with Crippen LogP contribution in [0.3, 0.4) is 0 Å². The molecule has 2 aromatic heterocycles. The Morgan fingerprint density at radius 1 is 1.42 bits per heavy atom. The molecule has 1 aliphatic rings. The van der Waals surface area contributed by atoms with Gasteiger partial charge in [-0.3, -0.25) is 14.3 Å². The van der Waals surface area contributed by atoms with E-state index in [0.29, 0.717) is 18.5 Å². The fourth-order valence-corrected chi connectivity index (χ4v) is 5.00. The van der Waals surface area contributed by atoms with Crippen LogP contribution in [-0.2, 0) is 26.0 Å². The average molecular weight is 415 g/mol. The molecule has 0 spiro atoms. The maximum atomic E-state index is 12.4. The maximum absolute atomic E-state index is 12.4. The van der Waals surface area contributed by atoms with Gasteiger partial charge in [0.2, 0.25) is 21.8 Å². The number of nitrogens with zero attached hydrogens (tertiary/aromatic N) is 1. The van der Waals surface area contributed by atoms with Crippen molar-refractivity contribution in [3.8, 4) is 0 Å². The van der Waals surface area contributed by atoms with E-state index in [2.05, 4.69) is 20.3 Å². The Balaban J connectivity index is 1.62. The van der Waals surface area contributed by atoms with Crippen molar-refractivity contribution in [1.29, 1.82) is 0 Å². The summed E-state index contributed by atoms with van der Waals surface area (Å²) in [5.74, 6) is -0.245. The number of carbonyl (C=O) groups excluding carboxylic acids is 2. The Morgan fingerprint density at radius 3 is 2.92 bits per heavy atom. The highest BCUT2D eigenvalue weighted by Crippen LogP contribution is 2.26. The number of rotatable bonds is 6. The molecule has 0 aliphatic carbocycles. The molecule has 11 heteroatoms. The number of nitrogens with one attached hydrogen (secondary N) is 3. The van der Waals surface area contributed by atoms with Gasteiger partial charge in [-0.25, -0.2) is 13.4 Å². The standard InChI is InChI=1S/C15H18N4O4S3/c1-26(22,23)19-15-16-10(8-25-15)6-13(21)17-11-2-3-12(20)18-14(11)9-4-5-24-7-9/h4-5,7-8,11,14H,2-3,6H2,1H3,(H,16,19)(H,17,21)(H,18,20)/t11-,14+/m1/s1. The van der Waals surface area contributed by atoms with Gasteiger partial charge in [-0.15, -0.1) is 11.3 Å². The number of aromatic nitrogens is 1. The molecule has 1 aliphatic heterocycles. The Morgan fingerprint density at radius 2 is 2.23 bits per heavy atom. The molecule has 8 nitrogen and oxygen atoms in total. The number of sulfonamides is 1. The molecule has 2 aromatic rings. The molecule has 3 N–H and O–H groups in total. The van der Waals surface area contributed by atoms with Gasteiger partial charge in [-0.2, -0.15) is 11.3 Å². The van der Waals surface area contributed by atoms with Gasteiger partial charge in [0.25, 0.3) is 0 Å². The minimum atomic E-state index is -3.39. The molecule has 3 rings (SSSR count). The van der Waals surface area contributed by atoms with E-state index < -0.39 is 10.0 Å². The maximum Gasteiger partial charge on any atom is 0.231 e. The van der Waals surface area contributed by atoms with E-state index in [4.69, 9.17) is 0 Å². The van der Waals surface area contributed by atoms with E-state index in [0.717, 1.165) is 23.2 Å². The molecule has 0 aromatic carbocycles. The van der Waals surface area contributed by atoms with Crippen LogP contribution >= 0.6 is 22.7 Å². The minimum Gasteiger partial charge on any atom is -0.351 e. The fraction of sp³-hybridized carbons (Fsp3) is 0.400. The van der Waals surface area contributed by atoms with Crippen LogP contribution in [0.4, 0.5) is 5.13 Å². The highest BCUT2D eigenvalue weighted by Gasteiger charge is 2.31. The zero-order valence-corrected chi connectivity index (χ0v) is 16.3. The molecule has 2 amide bonds. The molecule has 1 saturated heterocycles. The summed E-state index contributed by atoms with van der Waals surface area (Å²) in [4.78, 5) is 28.2. The van der Waals surface area contributed by atoms with Crippen molar-refractivity contribution >= 4 is 49.6 Å². The Bertz CT molecular complexity index is 892. The first kappa shape index (κ1) is 18.8. The van der Waals surface area contributed by atoms with Crippen molar-refractivity contribution in [3.63, 3.8) is 0 Å². The quantitative estimate of drug-likeness (QED) is 0.658. The number of anilines is 1. The van der Waals surface area contributed by atoms with Gasteiger partial charge >= 0.3 is 0 Å². The summed E-state index contributed by atoms with van der Waals surface area (Å²) in [6, 6.07) is 1.50. The predicted octanol–water partition coefficient (Wildman–Crippen LogP) is 1.25. The Labute approximate surface area is 159 Å². The summed E-state index contributed by atoms with van der Waals surface area (Å²) in [5.41, 5.74) is 1.47. The number of piperidine rings is 1. The molecule has 0 bridgehead atoms. The number of thiophene rings is 1. The second-order valence-corrected chi connectivity index (χ2v) is 9.40. The van der Waals surface area contributed by atoms with E-state index >= 15 is 0 Å². The first-order chi connectivity index (χ1) is 12.3. The number of hydrogen-bond acceptors (Lipinski definition) is 7. The van der Waals surface area contributed by atoms with Crippen molar-refractivity contribution < 1.29 is 18.0 Å². The van der Waals surface area contributed by atoms with Crippen LogP contribution in [-0.4, -0.2) is 37.5 Å². The number of carbonyl (C=O) groups is 2. The monoisotopic (exact) mass is 414 g/mol. The molecule has 26 heavy (non-hydrogen) atoms. The van der Waals surface area contributed by atoms with Crippen molar-refractivity contribution in [2.24, 2.45) is 0 Å². The summed E-state index contributed by atoms with van der Waals surface area (Å²) >= 11 is 2.66. The molecule has 0 saturated carbocycles. The SMILES string of the molecule is CS(=O)(=O)Nc1nc(CC(=O)N[C@@H]2CCC(=O)N[C@H]2c2ccsc2)cs1. The lowest BCUT2D eigenvalue weighted by Gasteiger charge is -2.32. The fourth-order valence-electron chi connectivity index (χ4n) is 2.74. The van der Waals surface area contributed by atoms with E-state index in [1.54, 1.807) is 5.38 Å². The zero-order valence-electron chi connectivity index (χ0n) is 13.9. The lowest BCUT2D eigenvalue weighted by Crippen LogP contribution is -2.50. The van der Waals surface area contributed by atoms with Gasteiger partial charge in [0, 0.05) is 11.8 Å². The normalized spacial score (nSPS) is 20.4. The van der Waals surface area contributed by atoms with Crippen molar-refractivity contribution in [2.45, 2.75) is 31.3 Å². The van der Waals surface area contributed by atoms with E-state index in [9.17, 15) is 18.0 Å². The van der Waals surface area contributed by atoms with Gasteiger partial charge < -0.3 is 10.6 Å². The predicted molar refractivity (Wildman–Crippen MR) is 101 cm³/mol. The van der Waals surface area contributed by atoms with Crippen LogP contribution in [0.25, 0.3) is 0 Å². The number of thiazole rings is 1. The van der Waals surface area contributed by atoms with E-state index in [1.807, 2.05) is 16.8 Å². The number of amides is 2. The van der Waals surface area contributed by atoms with E-state index in [1.165, 1.54) is 11.3 Å². The van der Waals surface area contributed by atoms with Gasteiger partial charge in [-0.05, 0) is 28.8 Å². The van der Waals surface area contributed by atoms with Crippen LogP contribution in [0.5, 0.6) is 0 Å². The Hall–Kier alpha value is -1.98. The number of hydrogen-bond donors (Lipinski definition) is 3. The van der Waals surface area contributed by atoms with Gasteiger partial charge in [-0.1, -0.05) is 0 Å². The third-order valence-corrected chi connectivity index (χ3v) is 6.02. The van der Waals surface area contributed by atoms with Crippen LogP contribution < -0.4 is 15.4 Å². The molecule has 140 valence electrons. The zero-order chi connectivity index (χ0) is 18.7. The summed E-state index contributed by atoms with van der Waals surface area (Å²) in [7, 11) is -3.39. The molecule has 0 radical (unpaired) electrons. The van der Waals surface area contributed by atoms with Crippen molar-refractivity contribution in [2.75, 3.05) is 11.0 Å². The van der Waals surface area contributed by atoms with Crippen LogP contribution in [0.15, 0.2) is 22.2 Å². The summed E-state index contributed by atoms with van der Waals surface area (Å²) < 4.78 is 24.7. The summed E-state index contributed by atoms with van der Waals surface area (Å²) in [6.45, 7) is 0. The second-order valence-electron chi connectivity index (χ2n) is 6.01. The van der Waals surface area contributed by atoms with Gasteiger partial charge in [0.05, 0.1) is 30.5 Å². The smallest absolute Gasteiger partial charge is 0.231 e. The second kappa shape index (κ2) is 7.72. The topological polar surface area (TPSA) is 117 Å². The van der Waals surface area contributed by atoms with Crippen molar-refractivity contribution in [3.05, 3.63) is 33.5 Å². The molecule has 3 heterocycles. The van der Waals surface area contributed by atoms with Crippen LogP contribution in [0.2, 0.25) is 0 Å². The lowest BCUT2D eigenvalue weighted by molar-refractivity contribution is -0.126. The highest BCUT2D eigenvalue weighted by atomic mass is 32.2. The third kappa shape index (κ3) is 5.02. The Kier molecular flexibility index (Phi) is 5.58. The first-order valence-corrected chi connectivity index (χ1v) is 11.5. The molecule has 1 fully saturated rings. The average Bonchev–Trinajstić information content (AvgIpc) is 3.19. The molecule has 0 unspecified atom stereocenters. The molecule has 2 atom stereocenters. The van der Waals surface area contributed by atoms with Crippen LogP contribution in [0.1, 0.15) is 30.1 Å². The van der Waals surface area contributed by atoms with Crippen LogP contribution in [0, 0.1) is 0 Å². The highest BCUT2D eigenvalue weighted by molar-refractivity contribution is 7.92. The summed E-state index contributed by atoms with van der Waals surface area (Å²) in [6.07, 6.45) is 2.02. The first-order valence-electron chi connectivity index (χ1n) is 7.83. The van der Waals surface area contributed by atoms with Gasteiger partial charge in [0.15, 0.2) is 5.13 Å². The molecular formula is C15H18N4O4S3. The van der Waals surface area contributed by atoms with Crippen molar-refractivity contribution in [1.82, 2.24) is 15.6 Å². The lowest BCUT2D eigenvalue weighted by atomic mass is 9.93. The molecular weight excluding hydrogens is 396 g/mol. The third-order valence-electron chi connectivity index (χ3n) is 3.82. The largest absolute Gasteiger partial charge is 0.351 e. The summed E-state index contributed by atoms with van der Waals surface area (Å²) in [5, 5.41) is 11.7. The van der Waals surface area contributed by atoms with E-state index in [-0.39, 0.29) is 35.5 Å². The minimum absolute atomic E-state index is 0.0253.